The van der Waals surface area contributed by atoms with E-state index in [0.717, 1.165) is 21.1 Å². The van der Waals surface area contributed by atoms with Gasteiger partial charge in [0.2, 0.25) is 0 Å². The lowest BCUT2D eigenvalue weighted by atomic mass is 10.1. The number of rotatable bonds is 4. The molecule has 0 aliphatic carbocycles. The molecule has 1 heterocycles. The molecule has 2 aromatic carbocycles. The lowest BCUT2D eigenvalue weighted by Crippen LogP contribution is -2.29. The van der Waals surface area contributed by atoms with Crippen LogP contribution in [0.1, 0.15) is 11.1 Å². The van der Waals surface area contributed by atoms with Gasteiger partial charge in [-0.3, -0.25) is 0 Å². The monoisotopic (exact) mass is 413 g/mol. The third kappa shape index (κ3) is 3.65. The average molecular weight is 415 g/mol. The van der Waals surface area contributed by atoms with Crippen molar-refractivity contribution in [2.75, 3.05) is 6.54 Å². The van der Waals surface area contributed by atoms with E-state index in [1.165, 1.54) is 11.6 Å². The SMILES string of the molecule is Fc1ccc(Br)cc1CNCC1Cc2cc(Br)ccc2O1. The zero-order chi connectivity index (χ0) is 14.8. The minimum absolute atomic E-state index is 0.101. The smallest absolute Gasteiger partial charge is 0.127 e. The van der Waals surface area contributed by atoms with E-state index in [-0.39, 0.29) is 11.9 Å². The van der Waals surface area contributed by atoms with Gasteiger partial charge in [-0.1, -0.05) is 31.9 Å². The fraction of sp³-hybridized carbons (Fsp3) is 0.250. The van der Waals surface area contributed by atoms with Gasteiger partial charge in [0.25, 0.3) is 0 Å². The number of hydrogen-bond acceptors (Lipinski definition) is 2. The molecular weight excluding hydrogens is 401 g/mol. The third-order valence-electron chi connectivity index (χ3n) is 3.46. The van der Waals surface area contributed by atoms with Gasteiger partial charge in [0.15, 0.2) is 0 Å². The van der Waals surface area contributed by atoms with Crippen LogP contribution in [0.25, 0.3) is 0 Å². The van der Waals surface area contributed by atoms with Crippen LogP contribution in [0.5, 0.6) is 5.75 Å². The quantitative estimate of drug-likeness (QED) is 0.798. The van der Waals surface area contributed by atoms with Crippen LogP contribution in [0.4, 0.5) is 4.39 Å². The van der Waals surface area contributed by atoms with Crippen LogP contribution >= 0.6 is 31.9 Å². The molecule has 1 unspecified atom stereocenters. The van der Waals surface area contributed by atoms with Crippen LogP contribution in [0.3, 0.4) is 0 Å². The van der Waals surface area contributed by atoms with Gasteiger partial charge in [0.05, 0.1) is 0 Å². The zero-order valence-electron chi connectivity index (χ0n) is 11.2. The molecule has 2 nitrogen and oxygen atoms in total. The summed E-state index contributed by atoms with van der Waals surface area (Å²) in [6.45, 7) is 1.18. The van der Waals surface area contributed by atoms with Crippen molar-refractivity contribution in [1.29, 1.82) is 0 Å². The molecule has 2 aromatic rings. The Morgan fingerprint density at radius 1 is 1.14 bits per heavy atom. The highest BCUT2D eigenvalue weighted by Crippen LogP contribution is 2.31. The molecule has 1 aliphatic rings. The fourth-order valence-electron chi connectivity index (χ4n) is 2.45. The first-order valence-electron chi connectivity index (χ1n) is 6.71. The summed E-state index contributed by atoms with van der Waals surface area (Å²) in [6, 6.07) is 11.0. The van der Waals surface area contributed by atoms with Crippen molar-refractivity contribution in [3.8, 4) is 5.75 Å². The Kier molecular flexibility index (Phi) is 4.62. The number of hydrogen-bond donors (Lipinski definition) is 1. The Morgan fingerprint density at radius 3 is 2.76 bits per heavy atom. The Bertz CT molecular complexity index is 663. The first-order valence-corrected chi connectivity index (χ1v) is 8.30. The number of fused-ring (bicyclic) bond motifs is 1. The summed E-state index contributed by atoms with van der Waals surface area (Å²) >= 11 is 6.82. The van der Waals surface area contributed by atoms with Crippen LogP contribution in [0.15, 0.2) is 45.3 Å². The minimum Gasteiger partial charge on any atom is -0.488 e. The van der Waals surface area contributed by atoms with Crippen molar-refractivity contribution in [3.05, 3.63) is 62.3 Å². The van der Waals surface area contributed by atoms with Crippen molar-refractivity contribution in [2.45, 2.75) is 19.1 Å². The van der Waals surface area contributed by atoms with Gasteiger partial charge in [-0.15, -0.1) is 0 Å². The molecular formula is C16H14Br2FNO. The summed E-state index contributed by atoms with van der Waals surface area (Å²) in [5, 5.41) is 3.26. The Morgan fingerprint density at radius 2 is 1.90 bits per heavy atom. The van der Waals surface area contributed by atoms with Crippen LogP contribution in [0.2, 0.25) is 0 Å². The van der Waals surface area contributed by atoms with Crippen molar-refractivity contribution in [1.82, 2.24) is 5.32 Å². The molecule has 1 aliphatic heterocycles. The minimum atomic E-state index is -0.190. The van der Waals surface area contributed by atoms with E-state index in [1.807, 2.05) is 12.1 Å². The molecule has 110 valence electrons. The van der Waals surface area contributed by atoms with Crippen molar-refractivity contribution >= 4 is 31.9 Å². The second kappa shape index (κ2) is 6.46. The summed E-state index contributed by atoms with van der Waals surface area (Å²) in [4.78, 5) is 0. The highest BCUT2D eigenvalue weighted by Gasteiger charge is 2.22. The highest BCUT2D eigenvalue weighted by molar-refractivity contribution is 9.10. The van der Waals surface area contributed by atoms with Crippen molar-refractivity contribution in [2.24, 2.45) is 0 Å². The molecule has 0 spiro atoms. The lowest BCUT2D eigenvalue weighted by Gasteiger charge is -2.12. The summed E-state index contributed by atoms with van der Waals surface area (Å²) < 4.78 is 21.4. The molecule has 0 aromatic heterocycles. The van der Waals surface area contributed by atoms with E-state index in [4.69, 9.17) is 4.74 Å². The van der Waals surface area contributed by atoms with Crippen LogP contribution < -0.4 is 10.1 Å². The van der Waals surface area contributed by atoms with Gasteiger partial charge < -0.3 is 10.1 Å². The van der Waals surface area contributed by atoms with Gasteiger partial charge in [-0.25, -0.2) is 4.39 Å². The molecule has 3 rings (SSSR count). The average Bonchev–Trinajstić information content (AvgIpc) is 2.84. The molecule has 0 amide bonds. The Hall–Kier alpha value is -0.910. The molecule has 1 N–H and O–H groups in total. The molecule has 0 bridgehead atoms. The number of nitrogens with one attached hydrogen (secondary N) is 1. The molecule has 5 heteroatoms. The van der Waals surface area contributed by atoms with E-state index in [2.05, 4.69) is 43.2 Å². The van der Waals surface area contributed by atoms with E-state index in [1.54, 1.807) is 12.1 Å². The topological polar surface area (TPSA) is 21.3 Å². The van der Waals surface area contributed by atoms with Crippen molar-refractivity contribution < 1.29 is 9.13 Å². The molecule has 0 radical (unpaired) electrons. The molecule has 0 saturated heterocycles. The maximum Gasteiger partial charge on any atom is 0.127 e. The molecule has 0 fully saturated rings. The maximum absolute atomic E-state index is 13.6. The number of halogens is 3. The van der Waals surface area contributed by atoms with Gasteiger partial charge in [-0.2, -0.15) is 0 Å². The standard InChI is InChI=1S/C16H14Br2FNO/c17-12-1-3-15(19)11(6-12)8-20-9-14-7-10-5-13(18)2-4-16(10)21-14/h1-6,14,20H,7-9H2. The summed E-state index contributed by atoms with van der Waals surface area (Å²) in [5.74, 6) is 0.754. The lowest BCUT2D eigenvalue weighted by molar-refractivity contribution is 0.227. The number of benzene rings is 2. The molecule has 1 atom stereocenters. The van der Waals surface area contributed by atoms with Gasteiger partial charge >= 0.3 is 0 Å². The van der Waals surface area contributed by atoms with E-state index >= 15 is 0 Å². The largest absolute Gasteiger partial charge is 0.488 e. The maximum atomic E-state index is 13.6. The first kappa shape index (κ1) is 15.0. The second-order valence-corrected chi connectivity index (χ2v) is 6.89. The normalized spacial score (nSPS) is 16.6. The summed E-state index contributed by atoms with van der Waals surface area (Å²) in [6.07, 6.45) is 0.979. The first-order chi connectivity index (χ1) is 10.1. The molecule has 0 saturated carbocycles. The fourth-order valence-corrected chi connectivity index (χ4v) is 3.27. The van der Waals surface area contributed by atoms with Crippen LogP contribution in [-0.2, 0) is 13.0 Å². The second-order valence-electron chi connectivity index (χ2n) is 5.06. The highest BCUT2D eigenvalue weighted by atomic mass is 79.9. The van der Waals surface area contributed by atoms with Gasteiger partial charge in [0.1, 0.15) is 17.7 Å². The summed E-state index contributed by atoms with van der Waals surface area (Å²) in [5.41, 5.74) is 1.87. The predicted molar refractivity (Wildman–Crippen MR) is 88.1 cm³/mol. The van der Waals surface area contributed by atoms with Gasteiger partial charge in [0, 0.05) is 34.0 Å². The third-order valence-corrected chi connectivity index (χ3v) is 4.45. The van der Waals surface area contributed by atoms with Crippen molar-refractivity contribution in [3.63, 3.8) is 0 Å². The Balaban J connectivity index is 1.54. The Labute approximate surface area is 140 Å². The van der Waals surface area contributed by atoms with E-state index < -0.39 is 0 Å². The van der Waals surface area contributed by atoms with Crippen LogP contribution in [0, 0.1) is 5.82 Å². The van der Waals surface area contributed by atoms with Crippen LogP contribution in [-0.4, -0.2) is 12.6 Å². The van der Waals surface area contributed by atoms with Gasteiger partial charge in [-0.05, 0) is 42.0 Å². The summed E-state index contributed by atoms with van der Waals surface area (Å²) in [7, 11) is 0. The molecule has 21 heavy (non-hydrogen) atoms. The number of ether oxygens (including phenoxy) is 1. The zero-order valence-corrected chi connectivity index (χ0v) is 14.4. The predicted octanol–water partition coefficient (Wildman–Crippen LogP) is 4.44. The van der Waals surface area contributed by atoms with E-state index in [9.17, 15) is 4.39 Å². The van der Waals surface area contributed by atoms with E-state index in [0.29, 0.717) is 18.7 Å².